The zero-order valence-corrected chi connectivity index (χ0v) is 39.4. The number of hydrogen-bond acceptors (Lipinski definition) is 6. The van der Waals surface area contributed by atoms with Gasteiger partial charge < -0.3 is 14.2 Å². The third-order valence-corrected chi connectivity index (χ3v) is 10.2. The average molecular weight is 847 g/mol. The predicted molar refractivity (Wildman–Crippen MR) is 260 cm³/mol. The lowest BCUT2D eigenvalue weighted by molar-refractivity contribution is -0.167. The van der Waals surface area contributed by atoms with Crippen LogP contribution in [0.3, 0.4) is 0 Å². The largest absolute Gasteiger partial charge is 0.462 e. The minimum absolute atomic E-state index is 0.0910. The molecule has 0 bridgehead atoms. The van der Waals surface area contributed by atoms with E-state index < -0.39 is 6.10 Å². The Hall–Kier alpha value is -3.67. The highest BCUT2D eigenvalue weighted by atomic mass is 16.6. The van der Waals surface area contributed by atoms with Gasteiger partial charge in [0.05, 0.1) is 0 Å². The van der Waals surface area contributed by atoms with Gasteiger partial charge in [-0.3, -0.25) is 14.4 Å². The molecule has 0 radical (unpaired) electrons. The first-order valence-corrected chi connectivity index (χ1v) is 24.8. The van der Waals surface area contributed by atoms with Crippen molar-refractivity contribution in [3.8, 4) is 0 Å². The van der Waals surface area contributed by atoms with E-state index in [4.69, 9.17) is 14.2 Å². The van der Waals surface area contributed by atoms with Crippen LogP contribution < -0.4 is 0 Å². The van der Waals surface area contributed by atoms with Crippen LogP contribution in [0, 0.1) is 0 Å². The van der Waals surface area contributed by atoms with Crippen molar-refractivity contribution in [2.75, 3.05) is 13.2 Å². The lowest BCUT2D eigenvalue weighted by Gasteiger charge is -2.18. The molecule has 1 atom stereocenters. The summed E-state index contributed by atoms with van der Waals surface area (Å²) in [6.45, 7) is 6.36. The quantitative estimate of drug-likeness (QED) is 0.0263. The average Bonchev–Trinajstić information content (AvgIpc) is 3.26. The fourth-order valence-electron chi connectivity index (χ4n) is 6.53. The van der Waals surface area contributed by atoms with Crippen LogP contribution in [-0.4, -0.2) is 37.2 Å². The van der Waals surface area contributed by atoms with Gasteiger partial charge in [-0.25, -0.2) is 0 Å². The fraction of sp³-hybridized carbons (Fsp3) is 0.655. The molecule has 0 aliphatic carbocycles. The maximum Gasteiger partial charge on any atom is 0.306 e. The molecule has 0 aromatic rings. The molecule has 0 N–H and O–H groups in total. The highest BCUT2D eigenvalue weighted by molar-refractivity contribution is 5.71. The molecule has 6 heteroatoms. The summed E-state index contributed by atoms with van der Waals surface area (Å²) in [5, 5.41) is 0. The number of rotatable bonds is 43. The number of allylic oxidation sites excluding steroid dienone is 16. The van der Waals surface area contributed by atoms with Gasteiger partial charge in [0.1, 0.15) is 13.2 Å². The summed E-state index contributed by atoms with van der Waals surface area (Å²) in [6.07, 6.45) is 63.8. The number of hydrogen-bond donors (Lipinski definition) is 0. The zero-order valence-electron chi connectivity index (χ0n) is 39.4. The lowest BCUT2D eigenvalue weighted by atomic mass is 10.1. The molecule has 0 aliphatic heterocycles. The van der Waals surface area contributed by atoms with Crippen molar-refractivity contribution >= 4 is 17.9 Å². The topological polar surface area (TPSA) is 78.9 Å². The minimum Gasteiger partial charge on any atom is -0.462 e. The van der Waals surface area contributed by atoms with Crippen molar-refractivity contribution in [1.82, 2.24) is 0 Å². The number of carbonyl (C=O) groups excluding carboxylic acids is 3. The molecule has 0 aromatic heterocycles. The SMILES string of the molecule is CC\C=C/C=C\C=C/CCCCCCCCCC(=O)OC(COC(=O)CCCCCCC\C=C/C=C\C=C/C=C\C=C/CCC)COC(=O)CCCCCCCCCCCC. The van der Waals surface area contributed by atoms with Crippen molar-refractivity contribution in [1.29, 1.82) is 0 Å². The van der Waals surface area contributed by atoms with Crippen LogP contribution >= 0.6 is 0 Å². The van der Waals surface area contributed by atoms with E-state index in [0.717, 1.165) is 103 Å². The fourth-order valence-corrected chi connectivity index (χ4v) is 6.53. The normalized spacial score (nSPS) is 12.9. The van der Waals surface area contributed by atoms with Crippen LogP contribution in [-0.2, 0) is 28.6 Å². The van der Waals surface area contributed by atoms with Gasteiger partial charge in [-0.15, -0.1) is 0 Å². The third kappa shape index (κ3) is 47.2. The summed E-state index contributed by atoms with van der Waals surface area (Å²) >= 11 is 0. The van der Waals surface area contributed by atoms with Gasteiger partial charge in [-0.05, 0) is 57.8 Å². The van der Waals surface area contributed by atoms with Gasteiger partial charge >= 0.3 is 17.9 Å². The molecule has 0 fully saturated rings. The second-order valence-corrected chi connectivity index (χ2v) is 16.2. The first-order chi connectivity index (χ1) is 30.0. The summed E-state index contributed by atoms with van der Waals surface area (Å²) < 4.78 is 16.7. The molecular weight excluding hydrogens is 757 g/mol. The number of unbranched alkanes of at least 4 members (excludes halogenated alkanes) is 22. The zero-order chi connectivity index (χ0) is 44.4. The Kier molecular flexibility index (Phi) is 46.0. The standard InChI is InChI=1S/C55H90O6/c1-4-7-10-13-16-19-22-24-26-27-28-30-31-33-36-39-42-45-48-54(57)60-51-52(50-59-53(56)47-44-41-38-35-21-18-15-12-9-6-3)61-55(58)49-46-43-40-37-34-32-29-25-23-20-17-14-11-8-5-2/h8,10-11,13-14,16-17,19-20,22-24,26-28,30,52H,4-7,9,12,15,18,21,25,29,31-51H2,1-3H3/b11-8-,13-10-,17-14-,19-16-,23-20-,24-22-,27-26-,30-28-. The summed E-state index contributed by atoms with van der Waals surface area (Å²) in [7, 11) is 0. The van der Waals surface area contributed by atoms with Gasteiger partial charge in [0.2, 0.25) is 0 Å². The summed E-state index contributed by atoms with van der Waals surface area (Å²) in [6, 6.07) is 0. The highest BCUT2D eigenvalue weighted by Gasteiger charge is 2.19. The minimum atomic E-state index is -0.793. The Bertz CT molecular complexity index is 1250. The van der Waals surface area contributed by atoms with Crippen LogP contribution in [0.2, 0.25) is 0 Å². The number of ether oxygens (including phenoxy) is 3. The Balaban J connectivity index is 4.44. The molecule has 346 valence electrons. The van der Waals surface area contributed by atoms with E-state index in [1.165, 1.54) is 70.6 Å². The van der Waals surface area contributed by atoms with Crippen LogP contribution in [0.4, 0.5) is 0 Å². The molecule has 0 aromatic carbocycles. The summed E-state index contributed by atoms with van der Waals surface area (Å²) in [5.41, 5.74) is 0. The first-order valence-electron chi connectivity index (χ1n) is 24.8. The molecule has 1 unspecified atom stereocenters. The number of carbonyl (C=O) groups is 3. The molecule has 0 rings (SSSR count). The predicted octanol–water partition coefficient (Wildman–Crippen LogP) is 16.2. The van der Waals surface area contributed by atoms with E-state index in [0.29, 0.717) is 19.3 Å². The Morgan fingerprint density at radius 2 is 0.672 bits per heavy atom. The van der Waals surface area contributed by atoms with Crippen LogP contribution in [0.15, 0.2) is 97.2 Å². The van der Waals surface area contributed by atoms with Crippen LogP contribution in [0.5, 0.6) is 0 Å². The summed E-state index contributed by atoms with van der Waals surface area (Å²) in [4.78, 5) is 37.9. The van der Waals surface area contributed by atoms with E-state index in [1.54, 1.807) is 0 Å². The van der Waals surface area contributed by atoms with Gasteiger partial charge in [0.25, 0.3) is 0 Å². The highest BCUT2D eigenvalue weighted by Crippen LogP contribution is 2.14. The molecule has 0 heterocycles. The molecular formula is C55H90O6. The van der Waals surface area contributed by atoms with Crippen molar-refractivity contribution in [2.24, 2.45) is 0 Å². The molecule has 6 nitrogen and oxygen atoms in total. The van der Waals surface area contributed by atoms with Gasteiger partial charge in [0, 0.05) is 19.3 Å². The molecule has 0 saturated carbocycles. The molecule has 0 aliphatic rings. The third-order valence-electron chi connectivity index (χ3n) is 10.2. The van der Waals surface area contributed by atoms with E-state index in [2.05, 4.69) is 93.7 Å². The second kappa shape index (κ2) is 49.0. The maximum absolute atomic E-state index is 12.8. The van der Waals surface area contributed by atoms with E-state index in [1.807, 2.05) is 24.3 Å². The van der Waals surface area contributed by atoms with Crippen LogP contribution in [0.25, 0.3) is 0 Å². The number of esters is 3. The van der Waals surface area contributed by atoms with E-state index >= 15 is 0 Å². The van der Waals surface area contributed by atoms with Gasteiger partial charge in [-0.2, -0.15) is 0 Å². The second-order valence-electron chi connectivity index (χ2n) is 16.2. The van der Waals surface area contributed by atoms with Crippen molar-refractivity contribution < 1.29 is 28.6 Å². The monoisotopic (exact) mass is 847 g/mol. The smallest absolute Gasteiger partial charge is 0.306 e. The Morgan fingerprint density at radius 1 is 0.344 bits per heavy atom. The molecule has 0 saturated heterocycles. The Labute approximate surface area is 375 Å². The van der Waals surface area contributed by atoms with Crippen molar-refractivity contribution in [3.63, 3.8) is 0 Å². The van der Waals surface area contributed by atoms with Crippen molar-refractivity contribution in [3.05, 3.63) is 97.2 Å². The van der Waals surface area contributed by atoms with E-state index in [9.17, 15) is 14.4 Å². The maximum atomic E-state index is 12.8. The molecule has 0 spiro atoms. The van der Waals surface area contributed by atoms with Crippen LogP contribution in [0.1, 0.15) is 213 Å². The summed E-state index contributed by atoms with van der Waals surface area (Å²) in [5.74, 6) is -0.935. The molecule has 61 heavy (non-hydrogen) atoms. The molecule has 0 amide bonds. The van der Waals surface area contributed by atoms with Gasteiger partial charge in [-0.1, -0.05) is 234 Å². The van der Waals surface area contributed by atoms with E-state index in [-0.39, 0.29) is 31.1 Å². The lowest BCUT2D eigenvalue weighted by Crippen LogP contribution is -2.30. The van der Waals surface area contributed by atoms with Gasteiger partial charge in [0.15, 0.2) is 6.10 Å². The van der Waals surface area contributed by atoms with Crippen molar-refractivity contribution in [2.45, 2.75) is 219 Å². The Morgan fingerprint density at radius 3 is 1.07 bits per heavy atom. The first kappa shape index (κ1) is 57.3.